The van der Waals surface area contributed by atoms with E-state index < -0.39 is 6.36 Å². The Balaban J connectivity index is 2.13. The highest BCUT2D eigenvalue weighted by molar-refractivity contribution is 5.64. The lowest BCUT2D eigenvalue weighted by Gasteiger charge is -2.10. The maximum Gasteiger partial charge on any atom is 0.573 e. The summed E-state index contributed by atoms with van der Waals surface area (Å²) in [6.45, 7) is 0. The second kappa shape index (κ2) is 5.48. The van der Waals surface area contributed by atoms with E-state index in [0.29, 0.717) is 11.4 Å². The zero-order valence-electron chi connectivity index (χ0n) is 9.98. The third-order valence-corrected chi connectivity index (χ3v) is 2.28. The molecule has 0 unspecified atom stereocenters. The molecule has 0 aliphatic heterocycles. The molecular weight excluding hydrogens is 271 g/mol. The molecule has 7 heteroatoms. The number of nitrogens with one attached hydrogen (secondary N) is 1. The molecule has 1 aromatic heterocycles. The molecule has 1 aromatic carbocycles. The number of pyridine rings is 1. The number of alkyl halides is 3. The van der Waals surface area contributed by atoms with Gasteiger partial charge in [-0.3, -0.25) is 0 Å². The van der Waals surface area contributed by atoms with E-state index in [4.69, 9.17) is 5.26 Å². The molecule has 2 aromatic rings. The van der Waals surface area contributed by atoms with Gasteiger partial charge in [0, 0.05) is 11.9 Å². The van der Waals surface area contributed by atoms with Gasteiger partial charge in [0.2, 0.25) is 0 Å². The normalized spacial score (nSPS) is 10.7. The van der Waals surface area contributed by atoms with Crippen molar-refractivity contribution in [3.63, 3.8) is 0 Å². The third kappa shape index (κ3) is 3.62. The van der Waals surface area contributed by atoms with E-state index in [9.17, 15) is 13.2 Å². The Morgan fingerprint density at radius 2 is 1.85 bits per heavy atom. The smallest absolute Gasteiger partial charge is 0.406 e. The number of benzene rings is 1. The molecule has 0 saturated heterocycles. The van der Waals surface area contributed by atoms with E-state index in [-0.39, 0.29) is 11.4 Å². The van der Waals surface area contributed by atoms with Gasteiger partial charge in [0.1, 0.15) is 11.8 Å². The van der Waals surface area contributed by atoms with Gasteiger partial charge in [0.05, 0.1) is 5.69 Å². The third-order valence-electron chi connectivity index (χ3n) is 2.28. The molecule has 0 spiro atoms. The average molecular weight is 279 g/mol. The van der Waals surface area contributed by atoms with Crippen LogP contribution in [0.3, 0.4) is 0 Å². The number of rotatable bonds is 3. The predicted molar refractivity (Wildman–Crippen MR) is 65.4 cm³/mol. The molecule has 0 amide bonds. The van der Waals surface area contributed by atoms with E-state index in [1.165, 1.54) is 30.5 Å². The zero-order valence-corrected chi connectivity index (χ0v) is 9.98. The molecule has 1 heterocycles. The lowest BCUT2D eigenvalue weighted by atomic mass is 10.2. The first-order chi connectivity index (χ1) is 9.48. The summed E-state index contributed by atoms with van der Waals surface area (Å²) in [5.74, 6) is -0.310. The zero-order chi connectivity index (χ0) is 14.6. The van der Waals surface area contributed by atoms with Crippen molar-refractivity contribution in [2.24, 2.45) is 0 Å². The van der Waals surface area contributed by atoms with Crippen molar-refractivity contribution in [1.29, 1.82) is 5.26 Å². The summed E-state index contributed by atoms with van der Waals surface area (Å²) in [5.41, 5.74) is 1.19. The quantitative estimate of drug-likeness (QED) is 0.932. The first-order valence-electron chi connectivity index (χ1n) is 5.46. The van der Waals surface area contributed by atoms with Gasteiger partial charge in [0.15, 0.2) is 5.69 Å². The molecule has 0 saturated carbocycles. The molecule has 2 rings (SSSR count). The Bertz CT molecular complexity index is 633. The first kappa shape index (κ1) is 13.7. The van der Waals surface area contributed by atoms with Gasteiger partial charge in [-0.15, -0.1) is 13.2 Å². The number of ether oxygens (including phenoxy) is 1. The monoisotopic (exact) mass is 279 g/mol. The lowest BCUT2D eigenvalue weighted by molar-refractivity contribution is -0.274. The fourth-order valence-electron chi connectivity index (χ4n) is 1.49. The SMILES string of the molecule is N#Cc1ncccc1Nc1ccc(OC(F)(F)F)cc1. The van der Waals surface area contributed by atoms with Crippen LogP contribution in [-0.4, -0.2) is 11.3 Å². The van der Waals surface area contributed by atoms with E-state index >= 15 is 0 Å². The Labute approximate surface area is 112 Å². The number of nitriles is 1. The van der Waals surface area contributed by atoms with Crippen LogP contribution in [0.5, 0.6) is 5.75 Å². The maximum absolute atomic E-state index is 12.0. The standard InChI is InChI=1S/C13H8F3N3O/c14-13(15,16)20-10-5-3-9(4-6-10)19-11-2-1-7-18-12(11)8-17/h1-7,19H. The van der Waals surface area contributed by atoms with Gasteiger partial charge in [-0.2, -0.15) is 5.26 Å². The molecule has 4 nitrogen and oxygen atoms in total. The second-order valence-electron chi connectivity index (χ2n) is 3.71. The Kier molecular flexibility index (Phi) is 3.75. The van der Waals surface area contributed by atoms with Crippen LogP contribution in [0.1, 0.15) is 5.69 Å². The van der Waals surface area contributed by atoms with Gasteiger partial charge in [-0.1, -0.05) is 0 Å². The average Bonchev–Trinajstić information content (AvgIpc) is 2.40. The minimum absolute atomic E-state index is 0.197. The van der Waals surface area contributed by atoms with Crippen LogP contribution < -0.4 is 10.1 Å². The number of aromatic nitrogens is 1. The lowest BCUT2D eigenvalue weighted by Crippen LogP contribution is -2.16. The molecule has 102 valence electrons. The van der Waals surface area contributed by atoms with Crippen LogP contribution in [-0.2, 0) is 0 Å². The summed E-state index contributed by atoms with van der Waals surface area (Å²) in [5, 5.41) is 11.8. The summed E-state index contributed by atoms with van der Waals surface area (Å²) in [6, 6.07) is 10.4. The van der Waals surface area contributed by atoms with Crippen molar-refractivity contribution in [3.8, 4) is 11.8 Å². The number of halogens is 3. The number of hydrogen-bond donors (Lipinski definition) is 1. The molecular formula is C13H8F3N3O. The minimum atomic E-state index is -4.72. The summed E-state index contributed by atoms with van der Waals surface area (Å²) in [7, 11) is 0. The molecule has 0 aliphatic rings. The molecule has 1 N–H and O–H groups in total. The summed E-state index contributed by atoms with van der Waals surface area (Å²) in [4.78, 5) is 3.86. The van der Waals surface area contributed by atoms with Crippen molar-refractivity contribution in [1.82, 2.24) is 4.98 Å². The van der Waals surface area contributed by atoms with Crippen LogP contribution in [0.2, 0.25) is 0 Å². The molecule has 0 fully saturated rings. The van der Waals surface area contributed by atoms with Crippen LogP contribution in [0.4, 0.5) is 24.5 Å². The van der Waals surface area contributed by atoms with Gasteiger partial charge in [-0.25, -0.2) is 4.98 Å². The number of anilines is 2. The van der Waals surface area contributed by atoms with Crippen LogP contribution >= 0.6 is 0 Å². The summed E-state index contributed by atoms with van der Waals surface area (Å²) >= 11 is 0. The van der Waals surface area contributed by atoms with Gasteiger partial charge in [-0.05, 0) is 36.4 Å². The van der Waals surface area contributed by atoms with E-state index in [0.717, 1.165) is 0 Å². The maximum atomic E-state index is 12.0. The van der Waals surface area contributed by atoms with Crippen molar-refractivity contribution in [2.75, 3.05) is 5.32 Å². The summed E-state index contributed by atoms with van der Waals surface area (Å²) < 4.78 is 39.8. The Morgan fingerprint density at radius 1 is 1.15 bits per heavy atom. The first-order valence-corrected chi connectivity index (χ1v) is 5.46. The highest BCUT2D eigenvalue weighted by Crippen LogP contribution is 2.25. The van der Waals surface area contributed by atoms with E-state index in [1.807, 2.05) is 6.07 Å². The van der Waals surface area contributed by atoms with Crippen molar-refractivity contribution >= 4 is 11.4 Å². The molecule has 0 atom stereocenters. The van der Waals surface area contributed by atoms with Crippen LogP contribution in [0, 0.1) is 11.3 Å². The van der Waals surface area contributed by atoms with Crippen LogP contribution in [0.25, 0.3) is 0 Å². The molecule has 0 bridgehead atoms. The molecule has 0 aliphatic carbocycles. The summed E-state index contributed by atoms with van der Waals surface area (Å²) in [6.07, 6.45) is -3.24. The van der Waals surface area contributed by atoms with Gasteiger partial charge in [0.25, 0.3) is 0 Å². The predicted octanol–water partition coefficient (Wildman–Crippen LogP) is 3.60. The molecule has 20 heavy (non-hydrogen) atoms. The largest absolute Gasteiger partial charge is 0.573 e. The van der Waals surface area contributed by atoms with Gasteiger partial charge >= 0.3 is 6.36 Å². The fourth-order valence-corrected chi connectivity index (χ4v) is 1.49. The highest BCUT2D eigenvalue weighted by Gasteiger charge is 2.30. The van der Waals surface area contributed by atoms with Crippen LogP contribution in [0.15, 0.2) is 42.6 Å². The molecule has 0 radical (unpaired) electrons. The topological polar surface area (TPSA) is 57.9 Å². The van der Waals surface area contributed by atoms with Crippen molar-refractivity contribution in [3.05, 3.63) is 48.3 Å². The fraction of sp³-hybridized carbons (Fsp3) is 0.0769. The minimum Gasteiger partial charge on any atom is -0.406 e. The van der Waals surface area contributed by atoms with Gasteiger partial charge < -0.3 is 10.1 Å². The number of hydrogen-bond acceptors (Lipinski definition) is 4. The Morgan fingerprint density at radius 3 is 2.45 bits per heavy atom. The second-order valence-corrected chi connectivity index (χ2v) is 3.71. The van der Waals surface area contributed by atoms with Crippen molar-refractivity contribution < 1.29 is 17.9 Å². The van der Waals surface area contributed by atoms with E-state index in [2.05, 4.69) is 15.0 Å². The Hall–Kier alpha value is -2.75. The van der Waals surface area contributed by atoms with Crippen molar-refractivity contribution in [2.45, 2.75) is 6.36 Å². The highest BCUT2D eigenvalue weighted by atomic mass is 19.4. The van der Waals surface area contributed by atoms with E-state index in [1.54, 1.807) is 12.1 Å². The number of nitrogens with zero attached hydrogens (tertiary/aromatic N) is 2.